The van der Waals surface area contributed by atoms with Crippen LogP contribution in [0.4, 0.5) is 0 Å². The van der Waals surface area contributed by atoms with Gasteiger partial charge in [-0.2, -0.15) is 0 Å². The first kappa shape index (κ1) is 8.68. The Hall–Kier alpha value is -1.32. The third-order valence-corrected chi connectivity index (χ3v) is 0.752. The van der Waals surface area contributed by atoms with Gasteiger partial charge >= 0.3 is 5.97 Å². The van der Waals surface area contributed by atoms with Crippen LogP contribution in [0.3, 0.4) is 0 Å². The van der Waals surface area contributed by atoms with Crippen LogP contribution in [0, 0.1) is 0 Å². The molecule has 0 saturated carbocycles. The summed E-state index contributed by atoms with van der Waals surface area (Å²) in [6, 6.07) is 0. The quantitative estimate of drug-likeness (QED) is 0.538. The molecule has 4 heteroatoms. The van der Waals surface area contributed by atoms with Crippen molar-refractivity contribution in [1.82, 2.24) is 5.32 Å². The Morgan fingerprint density at radius 3 is 2.90 bits per heavy atom. The molecule has 0 aromatic rings. The zero-order valence-corrected chi connectivity index (χ0v) is 5.79. The second-order valence-corrected chi connectivity index (χ2v) is 1.66. The van der Waals surface area contributed by atoms with Gasteiger partial charge in [-0.05, 0) is 0 Å². The average Bonchev–Trinajstić information content (AvgIpc) is 1.85. The fraction of sp³-hybridized carbons (Fsp3) is 0.333. The van der Waals surface area contributed by atoms with Gasteiger partial charge in [-0.25, -0.2) is 0 Å². The Bertz CT molecular complexity index is 163. The Labute approximate surface area is 59.3 Å². The van der Waals surface area contributed by atoms with E-state index in [-0.39, 0.29) is 6.54 Å². The van der Waals surface area contributed by atoms with Gasteiger partial charge in [0.15, 0.2) is 0 Å². The number of aliphatic imine (C=N–C) groups is 1. The summed E-state index contributed by atoms with van der Waals surface area (Å²) in [4.78, 5) is 13.6. The Balaban J connectivity index is 3.50. The van der Waals surface area contributed by atoms with E-state index >= 15 is 0 Å². The first-order valence-corrected chi connectivity index (χ1v) is 2.73. The summed E-state index contributed by atoms with van der Waals surface area (Å²) in [5.74, 6) is -0.911. The number of hydrogen-bond donors (Lipinski definition) is 2. The molecule has 0 fully saturated rings. The zero-order valence-electron chi connectivity index (χ0n) is 5.79. The van der Waals surface area contributed by atoms with E-state index in [9.17, 15) is 4.79 Å². The lowest BCUT2D eigenvalue weighted by atomic mass is 10.5. The standard InChI is InChI=1S/C6H10N2O2/c1-5(3-7-2)8-4-6(9)10/h3,8H,1,4H2,2H3,(H,9,10). The topological polar surface area (TPSA) is 61.7 Å². The summed E-state index contributed by atoms with van der Waals surface area (Å²) in [6.45, 7) is 3.37. The summed E-state index contributed by atoms with van der Waals surface area (Å²) in [6.07, 6.45) is 1.46. The third kappa shape index (κ3) is 4.83. The van der Waals surface area contributed by atoms with E-state index in [4.69, 9.17) is 5.11 Å². The minimum absolute atomic E-state index is 0.120. The Kier molecular flexibility index (Phi) is 3.95. The highest BCUT2D eigenvalue weighted by Gasteiger charge is 1.93. The molecule has 0 unspecified atom stereocenters. The molecule has 4 nitrogen and oxygen atoms in total. The largest absolute Gasteiger partial charge is 0.480 e. The van der Waals surface area contributed by atoms with Gasteiger partial charge in [0.25, 0.3) is 0 Å². The van der Waals surface area contributed by atoms with Crippen molar-refractivity contribution < 1.29 is 9.90 Å². The number of aliphatic carboxylic acids is 1. The molecular formula is C6H10N2O2. The molecule has 56 valence electrons. The molecule has 0 spiro atoms. The number of allylic oxidation sites excluding steroid dienone is 1. The SMILES string of the molecule is C=C(C=NC)NCC(=O)O. The van der Waals surface area contributed by atoms with Crippen molar-refractivity contribution >= 4 is 12.2 Å². The van der Waals surface area contributed by atoms with E-state index in [1.165, 1.54) is 6.21 Å². The van der Waals surface area contributed by atoms with Crippen LogP contribution >= 0.6 is 0 Å². The fourth-order valence-electron chi connectivity index (χ4n) is 0.391. The van der Waals surface area contributed by atoms with Crippen molar-refractivity contribution in [2.24, 2.45) is 4.99 Å². The predicted octanol–water partition coefficient (Wildman–Crippen LogP) is -0.125. The van der Waals surface area contributed by atoms with Gasteiger partial charge in [0.1, 0.15) is 6.54 Å². The second kappa shape index (κ2) is 4.55. The molecule has 0 bridgehead atoms. The van der Waals surface area contributed by atoms with Gasteiger partial charge in [-0.3, -0.25) is 9.79 Å². The van der Waals surface area contributed by atoms with Crippen LogP contribution in [-0.4, -0.2) is 30.9 Å². The minimum Gasteiger partial charge on any atom is -0.480 e. The maximum absolute atomic E-state index is 9.96. The van der Waals surface area contributed by atoms with E-state index in [2.05, 4.69) is 16.9 Å². The molecule has 0 aliphatic rings. The Morgan fingerprint density at radius 2 is 2.50 bits per heavy atom. The van der Waals surface area contributed by atoms with Gasteiger partial charge in [0.05, 0.1) is 0 Å². The number of hydrogen-bond acceptors (Lipinski definition) is 3. The number of nitrogens with zero attached hydrogens (tertiary/aromatic N) is 1. The summed E-state index contributed by atoms with van der Waals surface area (Å²) in [5.41, 5.74) is 0.505. The molecule has 0 heterocycles. The normalized spacial score (nSPS) is 9.70. The van der Waals surface area contributed by atoms with E-state index in [0.29, 0.717) is 5.70 Å². The molecule has 0 atom stereocenters. The van der Waals surface area contributed by atoms with Crippen molar-refractivity contribution in [1.29, 1.82) is 0 Å². The van der Waals surface area contributed by atoms with Crippen LogP contribution in [0.2, 0.25) is 0 Å². The van der Waals surface area contributed by atoms with Gasteiger partial charge in [-0.15, -0.1) is 0 Å². The monoisotopic (exact) mass is 142 g/mol. The highest BCUT2D eigenvalue weighted by atomic mass is 16.4. The van der Waals surface area contributed by atoms with Crippen molar-refractivity contribution in [2.75, 3.05) is 13.6 Å². The van der Waals surface area contributed by atoms with Crippen LogP contribution < -0.4 is 5.32 Å². The summed E-state index contributed by atoms with van der Waals surface area (Å²) in [7, 11) is 1.59. The number of carboxylic acid groups (broad SMARTS) is 1. The molecule has 0 aromatic heterocycles. The molecule has 0 aliphatic carbocycles. The van der Waals surface area contributed by atoms with Gasteiger partial charge in [-0.1, -0.05) is 6.58 Å². The molecule has 0 rings (SSSR count). The summed E-state index contributed by atoms with van der Waals surface area (Å²) in [5, 5.41) is 10.7. The molecule has 0 aromatic carbocycles. The lowest BCUT2D eigenvalue weighted by Gasteiger charge is -1.98. The first-order valence-electron chi connectivity index (χ1n) is 2.73. The molecular weight excluding hydrogens is 132 g/mol. The zero-order chi connectivity index (χ0) is 7.98. The van der Waals surface area contributed by atoms with Crippen LogP contribution in [-0.2, 0) is 4.79 Å². The first-order chi connectivity index (χ1) is 4.66. The smallest absolute Gasteiger partial charge is 0.322 e. The van der Waals surface area contributed by atoms with Crippen molar-refractivity contribution in [3.05, 3.63) is 12.3 Å². The van der Waals surface area contributed by atoms with Crippen LogP contribution in [0.25, 0.3) is 0 Å². The molecule has 0 amide bonds. The maximum atomic E-state index is 9.96. The predicted molar refractivity (Wildman–Crippen MR) is 39.2 cm³/mol. The van der Waals surface area contributed by atoms with Gasteiger partial charge in [0.2, 0.25) is 0 Å². The summed E-state index contributed by atoms with van der Waals surface area (Å²) < 4.78 is 0. The second-order valence-electron chi connectivity index (χ2n) is 1.66. The van der Waals surface area contributed by atoms with Crippen LogP contribution in [0.1, 0.15) is 0 Å². The fourth-order valence-corrected chi connectivity index (χ4v) is 0.391. The van der Waals surface area contributed by atoms with Crippen LogP contribution in [0.15, 0.2) is 17.3 Å². The van der Waals surface area contributed by atoms with E-state index < -0.39 is 5.97 Å². The highest BCUT2D eigenvalue weighted by Crippen LogP contribution is 1.75. The molecule has 0 aliphatic heterocycles. The average molecular weight is 142 g/mol. The Morgan fingerprint density at radius 1 is 1.90 bits per heavy atom. The highest BCUT2D eigenvalue weighted by molar-refractivity contribution is 5.78. The van der Waals surface area contributed by atoms with Crippen molar-refractivity contribution in [3.63, 3.8) is 0 Å². The van der Waals surface area contributed by atoms with Crippen molar-refractivity contribution in [3.8, 4) is 0 Å². The number of nitrogens with one attached hydrogen (secondary N) is 1. The molecule has 0 radical (unpaired) electrons. The molecule has 2 N–H and O–H groups in total. The maximum Gasteiger partial charge on any atom is 0.322 e. The lowest BCUT2D eigenvalue weighted by Crippen LogP contribution is -2.21. The third-order valence-electron chi connectivity index (χ3n) is 0.752. The molecule has 10 heavy (non-hydrogen) atoms. The van der Waals surface area contributed by atoms with Gasteiger partial charge in [0, 0.05) is 19.0 Å². The lowest BCUT2D eigenvalue weighted by molar-refractivity contribution is -0.135. The van der Waals surface area contributed by atoms with E-state index in [1.54, 1.807) is 7.05 Å². The minimum atomic E-state index is -0.911. The summed E-state index contributed by atoms with van der Waals surface area (Å²) >= 11 is 0. The van der Waals surface area contributed by atoms with E-state index in [1.807, 2.05) is 0 Å². The van der Waals surface area contributed by atoms with Gasteiger partial charge < -0.3 is 10.4 Å². The van der Waals surface area contributed by atoms with Crippen LogP contribution in [0.5, 0.6) is 0 Å². The number of carboxylic acids is 1. The number of carbonyl (C=O) groups is 1. The van der Waals surface area contributed by atoms with Crippen molar-refractivity contribution in [2.45, 2.75) is 0 Å². The molecule has 0 saturated heterocycles. The number of rotatable bonds is 4. The van der Waals surface area contributed by atoms with E-state index in [0.717, 1.165) is 0 Å².